The standard InChI is InChI=1S/C23H23N7O/c1-12-9-16-5-7-18(24)22(21(16)20(31)10-12)30-29-19-8-6-17(11-13(19)2)28-23-26-14(3)25-15(4)27-23/h5-11,31H,24H2,1-4H3,(H,25,26,27,28). The lowest BCUT2D eigenvalue weighted by molar-refractivity contribution is 0.481. The molecule has 156 valence electrons. The van der Waals surface area contributed by atoms with E-state index < -0.39 is 0 Å². The maximum Gasteiger partial charge on any atom is 0.230 e. The highest BCUT2D eigenvalue weighted by Crippen LogP contribution is 2.39. The first-order valence-electron chi connectivity index (χ1n) is 9.80. The molecular formula is C23H23N7O. The number of aromatic hydroxyl groups is 1. The fourth-order valence-electron chi connectivity index (χ4n) is 3.44. The number of aryl methyl sites for hydroxylation is 4. The lowest BCUT2D eigenvalue weighted by Gasteiger charge is -2.09. The molecule has 1 heterocycles. The molecule has 0 atom stereocenters. The SMILES string of the molecule is Cc1cc(O)c2c(N=Nc3ccc(Nc4nc(C)nc(C)n4)cc3C)c(N)ccc2c1. The molecule has 4 aromatic rings. The van der Waals surface area contributed by atoms with E-state index in [2.05, 4.69) is 30.5 Å². The van der Waals surface area contributed by atoms with Gasteiger partial charge in [-0.2, -0.15) is 15.1 Å². The van der Waals surface area contributed by atoms with Crippen LogP contribution in [0.2, 0.25) is 0 Å². The summed E-state index contributed by atoms with van der Waals surface area (Å²) in [5.41, 5.74) is 10.4. The van der Waals surface area contributed by atoms with Gasteiger partial charge in [0.1, 0.15) is 23.1 Å². The average molecular weight is 413 g/mol. The van der Waals surface area contributed by atoms with Gasteiger partial charge in [0, 0.05) is 5.69 Å². The van der Waals surface area contributed by atoms with E-state index >= 15 is 0 Å². The minimum absolute atomic E-state index is 0.135. The fraction of sp³-hybridized carbons (Fsp3) is 0.174. The van der Waals surface area contributed by atoms with Crippen molar-refractivity contribution in [3.8, 4) is 5.75 Å². The van der Waals surface area contributed by atoms with Crippen LogP contribution in [0.25, 0.3) is 10.8 Å². The Morgan fingerprint density at radius 2 is 1.61 bits per heavy atom. The van der Waals surface area contributed by atoms with Crippen LogP contribution in [0.4, 0.5) is 28.7 Å². The molecule has 3 aromatic carbocycles. The van der Waals surface area contributed by atoms with Gasteiger partial charge in [-0.05, 0) is 74.5 Å². The Morgan fingerprint density at radius 1 is 0.871 bits per heavy atom. The molecule has 4 N–H and O–H groups in total. The zero-order chi connectivity index (χ0) is 22.1. The first-order valence-corrected chi connectivity index (χ1v) is 9.80. The Hall–Kier alpha value is -4.07. The number of nitrogen functional groups attached to an aromatic ring is 1. The van der Waals surface area contributed by atoms with Crippen molar-refractivity contribution < 1.29 is 5.11 Å². The van der Waals surface area contributed by atoms with Gasteiger partial charge in [-0.1, -0.05) is 12.1 Å². The van der Waals surface area contributed by atoms with Gasteiger partial charge < -0.3 is 16.2 Å². The van der Waals surface area contributed by atoms with Crippen LogP contribution in [-0.4, -0.2) is 20.1 Å². The second-order valence-electron chi connectivity index (χ2n) is 7.47. The number of azo groups is 1. The minimum atomic E-state index is 0.135. The predicted octanol–water partition coefficient (Wildman–Crippen LogP) is 5.71. The highest BCUT2D eigenvalue weighted by molar-refractivity contribution is 6.02. The second kappa shape index (κ2) is 7.98. The number of aromatic nitrogens is 3. The Kier molecular flexibility index (Phi) is 5.21. The zero-order valence-corrected chi connectivity index (χ0v) is 17.8. The number of nitrogens with two attached hydrogens (primary N) is 1. The van der Waals surface area contributed by atoms with Crippen LogP contribution in [0.1, 0.15) is 22.8 Å². The van der Waals surface area contributed by atoms with Crippen LogP contribution in [0, 0.1) is 27.7 Å². The first-order chi connectivity index (χ1) is 14.8. The van der Waals surface area contributed by atoms with Crippen LogP contribution >= 0.6 is 0 Å². The first kappa shape index (κ1) is 20.2. The number of nitrogens with one attached hydrogen (secondary N) is 1. The van der Waals surface area contributed by atoms with Crippen molar-refractivity contribution in [3.05, 3.63) is 65.2 Å². The predicted molar refractivity (Wildman–Crippen MR) is 123 cm³/mol. The molecule has 0 bridgehead atoms. The molecule has 0 spiro atoms. The molecule has 0 saturated heterocycles. The summed E-state index contributed by atoms with van der Waals surface area (Å²) >= 11 is 0. The van der Waals surface area contributed by atoms with E-state index in [0.717, 1.165) is 22.2 Å². The molecule has 0 aliphatic rings. The van der Waals surface area contributed by atoms with E-state index in [1.54, 1.807) is 12.1 Å². The number of fused-ring (bicyclic) bond motifs is 1. The largest absolute Gasteiger partial charge is 0.507 e. The van der Waals surface area contributed by atoms with Crippen LogP contribution in [0.5, 0.6) is 5.75 Å². The minimum Gasteiger partial charge on any atom is -0.507 e. The van der Waals surface area contributed by atoms with Crippen LogP contribution in [0.15, 0.2) is 52.7 Å². The quantitative estimate of drug-likeness (QED) is 0.291. The molecule has 0 amide bonds. The van der Waals surface area contributed by atoms with Crippen molar-refractivity contribution in [2.45, 2.75) is 27.7 Å². The molecule has 0 fully saturated rings. The maximum absolute atomic E-state index is 10.4. The highest BCUT2D eigenvalue weighted by Gasteiger charge is 2.11. The molecule has 8 nitrogen and oxygen atoms in total. The zero-order valence-electron chi connectivity index (χ0n) is 17.8. The van der Waals surface area contributed by atoms with Crippen LogP contribution in [0.3, 0.4) is 0 Å². The lowest BCUT2D eigenvalue weighted by Crippen LogP contribution is -2.02. The third-order valence-corrected chi connectivity index (χ3v) is 4.81. The Balaban J connectivity index is 1.65. The van der Waals surface area contributed by atoms with E-state index in [1.165, 1.54) is 0 Å². The smallest absolute Gasteiger partial charge is 0.230 e. The Labute approximate surface area is 179 Å². The number of anilines is 3. The van der Waals surface area contributed by atoms with Gasteiger partial charge in [0.2, 0.25) is 5.95 Å². The third-order valence-electron chi connectivity index (χ3n) is 4.81. The number of phenols is 1. The summed E-state index contributed by atoms with van der Waals surface area (Å²) in [7, 11) is 0. The highest BCUT2D eigenvalue weighted by atomic mass is 16.3. The van der Waals surface area contributed by atoms with Gasteiger partial charge in [-0.3, -0.25) is 0 Å². The average Bonchev–Trinajstić information content (AvgIpc) is 2.68. The second-order valence-corrected chi connectivity index (χ2v) is 7.47. The van der Waals surface area contributed by atoms with Crippen molar-refractivity contribution in [1.29, 1.82) is 0 Å². The monoisotopic (exact) mass is 413 g/mol. The molecule has 0 aliphatic carbocycles. The molecule has 0 aliphatic heterocycles. The normalized spacial score (nSPS) is 11.4. The van der Waals surface area contributed by atoms with E-state index in [1.807, 2.05) is 58.0 Å². The number of hydrogen-bond donors (Lipinski definition) is 3. The van der Waals surface area contributed by atoms with Gasteiger partial charge in [-0.25, -0.2) is 4.98 Å². The van der Waals surface area contributed by atoms with Gasteiger partial charge in [0.15, 0.2) is 0 Å². The number of benzene rings is 3. The molecule has 31 heavy (non-hydrogen) atoms. The van der Waals surface area contributed by atoms with Gasteiger partial charge >= 0.3 is 0 Å². The molecule has 1 aromatic heterocycles. The van der Waals surface area contributed by atoms with Gasteiger partial charge in [0.25, 0.3) is 0 Å². The molecule has 8 heteroatoms. The summed E-state index contributed by atoms with van der Waals surface area (Å²) in [6, 6.07) is 13.0. The summed E-state index contributed by atoms with van der Waals surface area (Å²) in [5.74, 6) is 1.94. The van der Waals surface area contributed by atoms with Crippen molar-refractivity contribution >= 4 is 39.5 Å². The van der Waals surface area contributed by atoms with E-state index in [4.69, 9.17) is 5.73 Å². The van der Waals surface area contributed by atoms with E-state index in [0.29, 0.717) is 40.0 Å². The molecule has 0 radical (unpaired) electrons. The Morgan fingerprint density at radius 3 is 2.32 bits per heavy atom. The van der Waals surface area contributed by atoms with Crippen molar-refractivity contribution in [3.63, 3.8) is 0 Å². The third kappa shape index (κ3) is 4.28. The van der Waals surface area contributed by atoms with Gasteiger partial charge in [0.05, 0.1) is 16.8 Å². The summed E-state index contributed by atoms with van der Waals surface area (Å²) in [6.45, 7) is 7.52. The van der Waals surface area contributed by atoms with Crippen molar-refractivity contribution in [1.82, 2.24) is 15.0 Å². The van der Waals surface area contributed by atoms with Crippen LogP contribution < -0.4 is 11.1 Å². The molecule has 0 saturated carbocycles. The summed E-state index contributed by atoms with van der Waals surface area (Å²) in [4.78, 5) is 12.8. The number of hydrogen-bond acceptors (Lipinski definition) is 8. The Bertz CT molecular complexity index is 1310. The van der Waals surface area contributed by atoms with Crippen LogP contribution in [-0.2, 0) is 0 Å². The molecular weight excluding hydrogens is 390 g/mol. The van der Waals surface area contributed by atoms with Crippen molar-refractivity contribution in [2.24, 2.45) is 10.2 Å². The summed E-state index contributed by atoms with van der Waals surface area (Å²) in [5, 5.41) is 23.8. The molecule has 4 rings (SSSR count). The summed E-state index contributed by atoms with van der Waals surface area (Å²) in [6.07, 6.45) is 0. The number of nitrogens with zero attached hydrogens (tertiary/aromatic N) is 5. The van der Waals surface area contributed by atoms with E-state index in [9.17, 15) is 5.11 Å². The summed E-state index contributed by atoms with van der Waals surface area (Å²) < 4.78 is 0. The van der Waals surface area contributed by atoms with E-state index in [-0.39, 0.29) is 5.75 Å². The topological polar surface area (TPSA) is 122 Å². The lowest BCUT2D eigenvalue weighted by atomic mass is 10.0. The molecule has 0 unspecified atom stereocenters. The number of rotatable bonds is 4. The maximum atomic E-state index is 10.4. The number of phenolic OH excluding ortho intramolecular Hbond substituents is 1. The fourth-order valence-corrected chi connectivity index (χ4v) is 3.44. The van der Waals surface area contributed by atoms with Gasteiger partial charge in [-0.15, -0.1) is 5.11 Å². The van der Waals surface area contributed by atoms with Crippen molar-refractivity contribution in [2.75, 3.05) is 11.1 Å².